The van der Waals surface area contributed by atoms with E-state index in [1.54, 1.807) is 0 Å². The predicted molar refractivity (Wildman–Crippen MR) is 58.0 cm³/mol. The van der Waals surface area contributed by atoms with Crippen LogP contribution in [0.1, 0.15) is 12.5 Å². The van der Waals surface area contributed by atoms with Crippen LogP contribution in [-0.4, -0.2) is 12.5 Å². The van der Waals surface area contributed by atoms with Gasteiger partial charge in [-0.25, -0.2) is 8.78 Å². The zero-order valence-electron chi connectivity index (χ0n) is 8.02. The molecule has 0 bridgehead atoms. The maximum absolute atomic E-state index is 12.3. The van der Waals surface area contributed by atoms with Gasteiger partial charge in [0.25, 0.3) is 6.43 Å². The van der Waals surface area contributed by atoms with Crippen molar-refractivity contribution in [2.75, 3.05) is 5.32 Å². The molecule has 1 nitrogen and oxygen atoms in total. The average molecular weight is 264 g/mol. The molecule has 4 heteroatoms. The van der Waals surface area contributed by atoms with E-state index in [0.29, 0.717) is 5.69 Å². The molecule has 1 aromatic carbocycles. The van der Waals surface area contributed by atoms with Crippen molar-refractivity contribution in [3.8, 4) is 0 Å². The number of rotatable bonds is 3. The Morgan fingerprint density at radius 2 is 2.00 bits per heavy atom. The lowest BCUT2D eigenvalue weighted by atomic mass is 10.2. The highest BCUT2D eigenvalue weighted by Crippen LogP contribution is 2.24. The number of hydrogen-bond donors (Lipinski definition) is 1. The first-order valence-electron chi connectivity index (χ1n) is 4.31. The van der Waals surface area contributed by atoms with Crippen molar-refractivity contribution in [1.82, 2.24) is 0 Å². The minimum absolute atomic E-state index is 0.706. The molecule has 1 atom stereocenters. The Kier molecular flexibility index (Phi) is 3.86. The molecule has 0 aromatic heterocycles. The van der Waals surface area contributed by atoms with E-state index < -0.39 is 12.5 Å². The summed E-state index contributed by atoms with van der Waals surface area (Å²) in [6.07, 6.45) is -2.36. The Morgan fingerprint density at radius 1 is 1.36 bits per heavy atom. The standard InChI is InChI=1S/C10H12BrF2N/c1-6-3-4-8(11)9(5-6)14-7(2)10(12)13/h3-5,7,10,14H,1-2H3. The summed E-state index contributed by atoms with van der Waals surface area (Å²) >= 11 is 3.30. The van der Waals surface area contributed by atoms with Gasteiger partial charge in [0.05, 0.1) is 6.04 Å². The van der Waals surface area contributed by atoms with Gasteiger partial charge in [0.2, 0.25) is 0 Å². The molecule has 0 aliphatic rings. The zero-order chi connectivity index (χ0) is 10.7. The molecular formula is C10H12BrF2N. The first kappa shape index (κ1) is 11.4. The molecule has 0 saturated heterocycles. The smallest absolute Gasteiger partial charge is 0.258 e. The predicted octanol–water partition coefficient (Wildman–Crippen LogP) is 3.82. The molecule has 14 heavy (non-hydrogen) atoms. The Labute approximate surface area is 90.6 Å². The number of aryl methyl sites for hydroxylation is 1. The second-order valence-electron chi connectivity index (χ2n) is 3.25. The quantitative estimate of drug-likeness (QED) is 0.875. The maximum atomic E-state index is 12.3. The third kappa shape index (κ3) is 2.94. The molecule has 1 N–H and O–H groups in total. The second-order valence-corrected chi connectivity index (χ2v) is 4.11. The van der Waals surface area contributed by atoms with Gasteiger partial charge in [-0.2, -0.15) is 0 Å². The highest BCUT2D eigenvalue weighted by atomic mass is 79.9. The lowest BCUT2D eigenvalue weighted by molar-refractivity contribution is 0.130. The van der Waals surface area contributed by atoms with Crippen LogP contribution in [0.15, 0.2) is 22.7 Å². The van der Waals surface area contributed by atoms with Gasteiger partial charge in [0.15, 0.2) is 0 Å². The monoisotopic (exact) mass is 263 g/mol. The maximum Gasteiger partial charge on any atom is 0.258 e. The minimum atomic E-state index is -2.36. The highest BCUT2D eigenvalue weighted by molar-refractivity contribution is 9.10. The van der Waals surface area contributed by atoms with E-state index in [1.807, 2.05) is 25.1 Å². The van der Waals surface area contributed by atoms with Crippen LogP contribution >= 0.6 is 15.9 Å². The fourth-order valence-corrected chi connectivity index (χ4v) is 1.42. The molecule has 0 spiro atoms. The summed E-state index contributed by atoms with van der Waals surface area (Å²) < 4.78 is 25.3. The lowest BCUT2D eigenvalue weighted by Crippen LogP contribution is -2.23. The van der Waals surface area contributed by atoms with Crippen LogP contribution in [0.2, 0.25) is 0 Å². The average Bonchev–Trinajstić information content (AvgIpc) is 2.11. The molecule has 78 valence electrons. The summed E-state index contributed by atoms with van der Waals surface area (Å²) in [5.41, 5.74) is 1.75. The number of hydrogen-bond acceptors (Lipinski definition) is 1. The third-order valence-corrected chi connectivity index (χ3v) is 2.57. The summed E-state index contributed by atoms with van der Waals surface area (Å²) in [5, 5.41) is 2.75. The van der Waals surface area contributed by atoms with Gasteiger partial charge in [-0.15, -0.1) is 0 Å². The van der Waals surface area contributed by atoms with Crippen LogP contribution < -0.4 is 5.32 Å². The summed E-state index contributed by atoms with van der Waals surface area (Å²) in [7, 11) is 0. The Hall–Kier alpha value is -0.640. The van der Waals surface area contributed by atoms with Crippen LogP contribution in [0.3, 0.4) is 0 Å². The molecule has 1 aromatic rings. The molecular weight excluding hydrogens is 252 g/mol. The van der Waals surface area contributed by atoms with E-state index in [2.05, 4.69) is 21.2 Å². The van der Waals surface area contributed by atoms with Gasteiger partial charge in [-0.05, 0) is 47.5 Å². The first-order valence-corrected chi connectivity index (χ1v) is 5.11. The van der Waals surface area contributed by atoms with E-state index in [4.69, 9.17) is 0 Å². The summed E-state index contributed by atoms with van der Waals surface area (Å²) in [6, 6.07) is 4.76. The summed E-state index contributed by atoms with van der Waals surface area (Å²) in [4.78, 5) is 0. The van der Waals surface area contributed by atoms with E-state index >= 15 is 0 Å². The summed E-state index contributed by atoms with van der Waals surface area (Å²) in [5.74, 6) is 0. The zero-order valence-corrected chi connectivity index (χ0v) is 9.61. The van der Waals surface area contributed by atoms with Crippen molar-refractivity contribution in [2.45, 2.75) is 26.3 Å². The molecule has 0 saturated carbocycles. The normalized spacial score (nSPS) is 13.0. The van der Waals surface area contributed by atoms with Crippen molar-refractivity contribution in [2.24, 2.45) is 0 Å². The highest BCUT2D eigenvalue weighted by Gasteiger charge is 2.14. The SMILES string of the molecule is Cc1ccc(Br)c(NC(C)C(F)F)c1. The Morgan fingerprint density at radius 3 is 2.57 bits per heavy atom. The van der Waals surface area contributed by atoms with E-state index in [0.717, 1.165) is 10.0 Å². The van der Waals surface area contributed by atoms with Crippen LogP contribution in [0.5, 0.6) is 0 Å². The van der Waals surface area contributed by atoms with Gasteiger partial charge in [0.1, 0.15) is 0 Å². The molecule has 0 aliphatic carbocycles. The van der Waals surface area contributed by atoms with Crippen molar-refractivity contribution in [1.29, 1.82) is 0 Å². The fourth-order valence-electron chi connectivity index (χ4n) is 1.06. The third-order valence-electron chi connectivity index (χ3n) is 1.88. The Balaban J connectivity index is 2.80. The molecule has 0 aliphatic heterocycles. The van der Waals surface area contributed by atoms with Crippen LogP contribution in [0, 0.1) is 6.92 Å². The second kappa shape index (κ2) is 4.73. The number of halogens is 3. The molecule has 0 radical (unpaired) electrons. The fraction of sp³-hybridized carbons (Fsp3) is 0.400. The molecule has 0 heterocycles. The van der Waals surface area contributed by atoms with Crippen molar-refractivity contribution < 1.29 is 8.78 Å². The minimum Gasteiger partial charge on any atom is -0.376 e. The van der Waals surface area contributed by atoms with Gasteiger partial charge >= 0.3 is 0 Å². The number of alkyl halides is 2. The lowest BCUT2D eigenvalue weighted by Gasteiger charge is -2.15. The van der Waals surface area contributed by atoms with Gasteiger partial charge in [0, 0.05) is 10.2 Å². The first-order chi connectivity index (χ1) is 6.50. The Bertz CT molecular complexity index is 315. The van der Waals surface area contributed by atoms with E-state index in [1.165, 1.54) is 6.92 Å². The van der Waals surface area contributed by atoms with E-state index in [9.17, 15) is 8.78 Å². The topological polar surface area (TPSA) is 12.0 Å². The van der Waals surface area contributed by atoms with Crippen molar-refractivity contribution in [3.05, 3.63) is 28.2 Å². The molecule has 1 rings (SSSR count). The number of nitrogens with one attached hydrogen (secondary N) is 1. The molecule has 0 fully saturated rings. The van der Waals surface area contributed by atoms with Crippen LogP contribution in [0.4, 0.5) is 14.5 Å². The van der Waals surface area contributed by atoms with Gasteiger partial charge in [-0.1, -0.05) is 6.07 Å². The van der Waals surface area contributed by atoms with Crippen molar-refractivity contribution >= 4 is 21.6 Å². The van der Waals surface area contributed by atoms with Crippen LogP contribution in [0.25, 0.3) is 0 Å². The van der Waals surface area contributed by atoms with E-state index in [-0.39, 0.29) is 0 Å². The largest absolute Gasteiger partial charge is 0.376 e. The molecule has 1 unspecified atom stereocenters. The summed E-state index contributed by atoms with van der Waals surface area (Å²) in [6.45, 7) is 3.38. The molecule has 0 amide bonds. The van der Waals surface area contributed by atoms with Gasteiger partial charge < -0.3 is 5.32 Å². The number of anilines is 1. The number of benzene rings is 1. The van der Waals surface area contributed by atoms with Gasteiger partial charge in [-0.3, -0.25) is 0 Å². The van der Waals surface area contributed by atoms with Crippen LogP contribution in [-0.2, 0) is 0 Å². The van der Waals surface area contributed by atoms with Crippen molar-refractivity contribution in [3.63, 3.8) is 0 Å².